The molecular weight excluding hydrogens is 212 g/mol. The highest BCUT2D eigenvalue weighted by atomic mass is 16.3. The third-order valence-electron chi connectivity index (χ3n) is 3.17. The lowest BCUT2D eigenvalue weighted by atomic mass is 10.1. The molecule has 0 spiro atoms. The smallest absolute Gasteiger partial charge is 0.0581 e. The summed E-state index contributed by atoms with van der Waals surface area (Å²) in [5, 5.41) is 13.6. The predicted molar refractivity (Wildman–Crippen MR) is 71.3 cm³/mol. The molecule has 1 heterocycles. The van der Waals surface area contributed by atoms with Crippen LogP contribution in [0.15, 0.2) is 24.3 Å². The highest BCUT2D eigenvalue weighted by Gasteiger charge is 2.07. The minimum absolute atomic E-state index is 0.167. The molecule has 0 saturated heterocycles. The second kappa shape index (κ2) is 5.34. The molecular formula is C14H20N2O. The van der Waals surface area contributed by atoms with Gasteiger partial charge in [0, 0.05) is 22.6 Å². The van der Waals surface area contributed by atoms with Gasteiger partial charge in [-0.3, -0.25) is 0 Å². The van der Waals surface area contributed by atoms with E-state index in [-0.39, 0.29) is 12.6 Å². The van der Waals surface area contributed by atoms with Gasteiger partial charge in [0.25, 0.3) is 0 Å². The normalized spacial score (nSPS) is 13.1. The van der Waals surface area contributed by atoms with E-state index < -0.39 is 0 Å². The maximum atomic E-state index is 8.95. The second-order valence-corrected chi connectivity index (χ2v) is 4.56. The van der Waals surface area contributed by atoms with Gasteiger partial charge in [-0.05, 0) is 38.4 Å². The number of aryl methyl sites for hydroxylation is 1. The minimum atomic E-state index is 0.167. The number of aromatic amines is 1. The number of hydrogen-bond acceptors (Lipinski definition) is 2. The summed E-state index contributed by atoms with van der Waals surface area (Å²) < 4.78 is 0. The molecule has 1 aromatic carbocycles. The van der Waals surface area contributed by atoms with Gasteiger partial charge in [0.05, 0.1) is 6.61 Å². The van der Waals surface area contributed by atoms with Gasteiger partial charge in [-0.25, -0.2) is 0 Å². The molecule has 3 N–H and O–H groups in total. The van der Waals surface area contributed by atoms with Gasteiger partial charge in [-0.2, -0.15) is 0 Å². The van der Waals surface area contributed by atoms with E-state index in [0.29, 0.717) is 0 Å². The largest absolute Gasteiger partial charge is 0.395 e. The summed E-state index contributed by atoms with van der Waals surface area (Å²) in [4.78, 5) is 3.40. The minimum Gasteiger partial charge on any atom is -0.395 e. The van der Waals surface area contributed by atoms with Crippen LogP contribution in [-0.2, 0) is 6.42 Å². The standard InChI is InChI=1S/C14H20N2O/c1-10(9-17)15-8-7-12-11(2)16-14-6-4-3-5-13(12)14/h3-6,10,15-17H,7-9H2,1-2H3. The Morgan fingerprint density at radius 3 is 2.88 bits per heavy atom. The van der Waals surface area contributed by atoms with Gasteiger partial charge in [0.2, 0.25) is 0 Å². The molecule has 17 heavy (non-hydrogen) atoms. The van der Waals surface area contributed by atoms with Crippen LogP contribution < -0.4 is 5.32 Å². The first kappa shape index (κ1) is 12.1. The Hall–Kier alpha value is -1.32. The zero-order valence-electron chi connectivity index (χ0n) is 10.5. The van der Waals surface area contributed by atoms with Gasteiger partial charge in [-0.15, -0.1) is 0 Å². The lowest BCUT2D eigenvalue weighted by Gasteiger charge is -2.10. The summed E-state index contributed by atoms with van der Waals surface area (Å²) in [6.45, 7) is 5.18. The number of benzene rings is 1. The van der Waals surface area contributed by atoms with E-state index in [2.05, 4.69) is 35.4 Å². The van der Waals surface area contributed by atoms with Crippen molar-refractivity contribution in [2.45, 2.75) is 26.3 Å². The van der Waals surface area contributed by atoms with Crippen molar-refractivity contribution < 1.29 is 5.11 Å². The summed E-state index contributed by atoms with van der Waals surface area (Å²) >= 11 is 0. The second-order valence-electron chi connectivity index (χ2n) is 4.56. The molecule has 0 saturated carbocycles. The predicted octanol–water partition coefficient (Wildman–Crippen LogP) is 1.99. The highest BCUT2D eigenvalue weighted by molar-refractivity contribution is 5.84. The molecule has 2 aromatic rings. The van der Waals surface area contributed by atoms with Gasteiger partial charge in [-0.1, -0.05) is 18.2 Å². The molecule has 1 aromatic heterocycles. The van der Waals surface area contributed by atoms with Crippen LogP contribution in [0, 0.1) is 6.92 Å². The molecule has 0 amide bonds. The molecule has 0 radical (unpaired) electrons. The van der Waals surface area contributed by atoms with Crippen molar-refractivity contribution >= 4 is 10.9 Å². The number of para-hydroxylation sites is 1. The Bertz CT molecular complexity index is 490. The monoisotopic (exact) mass is 232 g/mol. The third kappa shape index (κ3) is 2.68. The summed E-state index contributed by atoms with van der Waals surface area (Å²) in [5.41, 5.74) is 3.82. The lowest BCUT2D eigenvalue weighted by Crippen LogP contribution is -2.31. The van der Waals surface area contributed by atoms with E-state index in [1.807, 2.05) is 13.0 Å². The first-order chi connectivity index (χ1) is 8.22. The van der Waals surface area contributed by atoms with Gasteiger partial charge >= 0.3 is 0 Å². The van der Waals surface area contributed by atoms with Crippen molar-refractivity contribution in [3.8, 4) is 0 Å². The number of aliphatic hydroxyl groups excluding tert-OH is 1. The Kier molecular flexibility index (Phi) is 3.82. The van der Waals surface area contributed by atoms with Crippen LogP contribution in [0.4, 0.5) is 0 Å². The van der Waals surface area contributed by atoms with Gasteiger partial charge in [0.15, 0.2) is 0 Å². The molecule has 2 rings (SSSR count). The molecule has 1 unspecified atom stereocenters. The van der Waals surface area contributed by atoms with E-state index in [1.54, 1.807) is 0 Å². The number of fused-ring (bicyclic) bond motifs is 1. The van der Waals surface area contributed by atoms with Gasteiger partial charge < -0.3 is 15.4 Å². The van der Waals surface area contributed by atoms with Crippen LogP contribution in [0.25, 0.3) is 10.9 Å². The average Bonchev–Trinajstić information content (AvgIpc) is 2.66. The summed E-state index contributed by atoms with van der Waals surface area (Å²) in [5.74, 6) is 0. The Balaban J connectivity index is 2.10. The molecule has 0 bridgehead atoms. The number of aliphatic hydroxyl groups is 1. The van der Waals surface area contributed by atoms with Crippen molar-refractivity contribution in [2.24, 2.45) is 0 Å². The molecule has 0 aliphatic heterocycles. The van der Waals surface area contributed by atoms with Crippen molar-refractivity contribution in [2.75, 3.05) is 13.2 Å². The average molecular weight is 232 g/mol. The summed E-state index contributed by atoms with van der Waals surface area (Å²) in [6, 6.07) is 8.55. The van der Waals surface area contributed by atoms with Crippen LogP contribution in [0.1, 0.15) is 18.2 Å². The number of rotatable bonds is 5. The SMILES string of the molecule is Cc1[nH]c2ccccc2c1CCNC(C)CO. The first-order valence-corrected chi connectivity index (χ1v) is 6.12. The quantitative estimate of drug-likeness (QED) is 0.738. The topological polar surface area (TPSA) is 48.0 Å². The number of nitrogens with one attached hydrogen (secondary N) is 2. The summed E-state index contributed by atoms with van der Waals surface area (Å²) in [7, 11) is 0. The Morgan fingerprint density at radius 1 is 1.35 bits per heavy atom. The van der Waals surface area contributed by atoms with E-state index in [4.69, 9.17) is 5.11 Å². The molecule has 0 fully saturated rings. The molecule has 3 heteroatoms. The van der Waals surface area contributed by atoms with Crippen LogP contribution in [0.2, 0.25) is 0 Å². The maximum absolute atomic E-state index is 8.95. The fourth-order valence-electron chi connectivity index (χ4n) is 2.17. The van der Waals surface area contributed by atoms with E-state index >= 15 is 0 Å². The Labute approximate surface area is 102 Å². The number of H-pyrrole nitrogens is 1. The highest BCUT2D eigenvalue weighted by Crippen LogP contribution is 2.21. The van der Waals surface area contributed by atoms with Crippen molar-refractivity contribution in [1.29, 1.82) is 0 Å². The fourth-order valence-corrected chi connectivity index (χ4v) is 2.17. The summed E-state index contributed by atoms with van der Waals surface area (Å²) in [6.07, 6.45) is 0.986. The van der Waals surface area contributed by atoms with Crippen molar-refractivity contribution in [3.05, 3.63) is 35.5 Å². The number of hydrogen-bond donors (Lipinski definition) is 3. The first-order valence-electron chi connectivity index (χ1n) is 6.12. The molecule has 1 atom stereocenters. The van der Waals surface area contributed by atoms with Crippen LogP contribution in [0.3, 0.4) is 0 Å². The van der Waals surface area contributed by atoms with E-state index in [9.17, 15) is 0 Å². The van der Waals surface area contributed by atoms with E-state index in [0.717, 1.165) is 13.0 Å². The van der Waals surface area contributed by atoms with E-state index in [1.165, 1.54) is 22.2 Å². The molecule has 3 nitrogen and oxygen atoms in total. The maximum Gasteiger partial charge on any atom is 0.0581 e. The van der Waals surface area contributed by atoms with Crippen molar-refractivity contribution in [3.63, 3.8) is 0 Å². The Morgan fingerprint density at radius 2 is 2.12 bits per heavy atom. The van der Waals surface area contributed by atoms with Crippen LogP contribution in [0.5, 0.6) is 0 Å². The number of aromatic nitrogens is 1. The lowest BCUT2D eigenvalue weighted by molar-refractivity contribution is 0.252. The van der Waals surface area contributed by atoms with Gasteiger partial charge in [0.1, 0.15) is 0 Å². The zero-order chi connectivity index (χ0) is 12.3. The van der Waals surface area contributed by atoms with Crippen LogP contribution >= 0.6 is 0 Å². The molecule has 0 aliphatic rings. The fraction of sp³-hybridized carbons (Fsp3) is 0.429. The van der Waals surface area contributed by atoms with Crippen LogP contribution in [-0.4, -0.2) is 29.3 Å². The molecule has 0 aliphatic carbocycles. The molecule has 92 valence electrons. The van der Waals surface area contributed by atoms with Crippen molar-refractivity contribution in [1.82, 2.24) is 10.3 Å². The zero-order valence-corrected chi connectivity index (χ0v) is 10.5. The third-order valence-corrected chi connectivity index (χ3v) is 3.17.